The van der Waals surface area contributed by atoms with Gasteiger partial charge in [-0.15, -0.1) is 0 Å². The molecule has 0 aliphatic heterocycles. The highest BCUT2D eigenvalue weighted by atomic mass is 32.1. The van der Waals surface area contributed by atoms with Gasteiger partial charge in [-0.2, -0.15) is 0 Å². The number of nitrogens with zero attached hydrogens (tertiary/aromatic N) is 2. The summed E-state index contributed by atoms with van der Waals surface area (Å²) < 4.78 is 1.05. The predicted octanol–water partition coefficient (Wildman–Crippen LogP) is 2.11. The third-order valence-corrected chi connectivity index (χ3v) is 4.79. The van der Waals surface area contributed by atoms with Crippen LogP contribution in [0.2, 0.25) is 0 Å². The van der Waals surface area contributed by atoms with Crippen LogP contribution in [-0.4, -0.2) is 23.5 Å². The maximum absolute atomic E-state index is 11.3. The summed E-state index contributed by atoms with van der Waals surface area (Å²) in [5.41, 5.74) is 12.9. The van der Waals surface area contributed by atoms with E-state index in [-0.39, 0.29) is 12.5 Å². The lowest BCUT2D eigenvalue weighted by Gasteiger charge is -2.26. The Bertz CT molecular complexity index is 633. The quantitative estimate of drug-likeness (QED) is 0.845. The molecule has 1 fully saturated rings. The van der Waals surface area contributed by atoms with Crippen LogP contribution in [-0.2, 0) is 4.79 Å². The summed E-state index contributed by atoms with van der Waals surface area (Å²) in [6.45, 7) is 0.236. The molecule has 2 aromatic rings. The largest absolute Gasteiger partial charge is 0.399 e. The van der Waals surface area contributed by atoms with E-state index < -0.39 is 0 Å². The highest BCUT2D eigenvalue weighted by molar-refractivity contribution is 7.22. The van der Waals surface area contributed by atoms with Gasteiger partial charge in [-0.25, -0.2) is 4.98 Å². The molecule has 0 unspecified atom stereocenters. The molecular weight excluding hydrogens is 272 g/mol. The standard InChI is InChI=1S/C14H18N4OS/c15-9-5-6-11-12(7-9)20-14(17-11)18(8-13(16)19)10-3-1-2-4-10/h5-7,10H,1-4,8,15H2,(H2,16,19). The van der Waals surface area contributed by atoms with Crippen LogP contribution in [0.5, 0.6) is 0 Å². The number of rotatable bonds is 4. The van der Waals surface area contributed by atoms with Crippen molar-refractivity contribution in [3.8, 4) is 0 Å². The zero-order valence-electron chi connectivity index (χ0n) is 11.2. The van der Waals surface area contributed by atoms with E-state index in [1.165, 1.54) is 12.8 Å². The summed E-state index contributed by atoms with van der Waals surface area (Å²) in [5, 5.41) is 0.872. The van der Waals surface area contributed by atoms with Gasteiger partial charge >= 0.3 is 0 Å². The monoisotopic (exact) mass is 290 g/mol. The van der Waals surface area contributed by atoms with Gasteiger partial charge in [0.1, 0.15) is 0 Å². The zero-order chi connectivity index (χ0) is 14.1. The summed E-state index contributed by atoms with van der Waals surface area (Å²) >= 11 is 1.58. The number of nitrogen functional groups attached to an aromatic ring is 1. The number of benzene rings is 1. The Morgan fingerprint density at radius 3 is 2.85 bits per heavy atom. The summed E-state index contributed by atoms with van der Waals surface area (Å²) in [7, 11) is 0. The normalized spacial score (nSPS) is 15.8. The topological polar surface area (TPSA) is 85.2 Å². The average Bonchev–Trinajstić information content (AvgIpc) is 3.04. The second-order valence-electron chi connectivity index (χ2n) is 5.26. The van der Waals surface area contributed by atoms with E-state index in [2.05, 4.69) is 9.88 Å². The molecule has 1 saturated carbocycles. The molecule has 106 valence electrons. The lowest BCUT2D eigenvalue weighted by Crippen LogP contribution is -2.40. The molecule has 6 heteroatoms. The van der Waals surface area contributed by atoms with Gasteiger partial charge < -0.3 is 16.4 Å². The number of amides is 1. The molecule has 1 aromatic heterocycles. The predicted molar refractivity (Wildman–Crippen MR) is 82.8 cm³/mol. The molecule has 5 nitrogen and oxygen atoms in total. The third-order valence-electron chi connectivity index (χ3n) is 3.74. The van der Waals surface area contributed by atoms with E-state index >= 15 is 0 Å². The van der Waals surface area contributed by atoms with Crippen LogP contribution in [0.25, 0.3) is 10.2 Å². The molecule has 20 heavy (non-hydrogen) atoms. The molecule has 4 N–H and O–H groups in total. The Labute approximate surface area is 121 Å². The molecule has 1 aliphatic carbocycles. The molecular formula is C14H18N4OS. The van der Waals surface area contributed by atoms with Crippen molar-refractivity contribution in [1.29, 1.82) is 0 Å². The number of hydrogen-bond donors (Lipinski definition) is 2. The Hall–Kier alpha value is -1.82. The zero-order valence-corrected chi connectivity index (χ0v) is 12.0. The van der Waals surface area contributed by atoms with E-state index in [4.69, 9.17) is 11.5 Å². The van der Waals surface area contributed by atoms with Crippen LogP contribution in [0.15, 0.2) is 18.2 Å². The molecule has 0 radical (unpaired) electrons. The highest BCUT2D eigenvalue weighted by Gasteiger charge is 2.26. The summed E-state index contributed by atoms with van der Waals surface area (Å²) in [4.78, 5) is 18.0. The van der Waals surface area contributed by atoms with Crippen molar-refractivity contribution in [1.82, 2.24) is 4.98 Å². The summed E-state index contributed by atoms with van der Waals surface area (Å²) in [6.07, 6.45) is 4.62. The Kier molecular flexibility index (Phi) is 3.48. The summed E-state index contributed by atoms with van der Waals surface area (Å²) in [6, 6.07) is 6.07. The molecule has 0 spiro atoms. The van der Waals surface area contributed by atoms with Gasteiger partial charge in [0.05, 0.1) is 16.8 Å². The number of hydrogen-bond acceptors (Lipinski definition) is 5. The van der Waals surface area contributed by atoms with Crippen molar-refractivity contribution in [2.24, 2.45) is 5.73 Å². The molecule has 0 atom stereocenters. The van der Waals surface area contributed by atoms with Crippen molar-refractivity contribution >= 4 is 38.3 Å². The Morgan fingerprint density at radius 1 is 1.40 bits per heavy atom. The Balaban J connectivity index is 1.96. The van der Waals surface area contributed by atoms with Crippen molar-refractivity contribution in [3.63, 3.8) is 0 Å². The first-order chi connectivity index (χ1) is 9.63. The van der Waals surface area contributed by atoms with Crippen LogP contribution in [0.3, 0.4) is 0 Å². The van der Waals surface area contributed by atoms with Gasteiger partial charge in [-0.1, -0.05) is 24.2 Å². The number of thiazole rings is 1. The van der Waals surface area contributed by atoms with E-state index in [9.17, 15) is 4.79 Å². The highest BCUT2D eigenvalue weighted by Crippen LogP contribution is 2.34. The van der Waals surface area contributed by atoms with Crippen molar-refractivity contribution in [3.05, 3.63) is 18.2 Å². The lowest BCUT2D eigenvalue weighted by molar-refractivity contribution is -0.116. The third kappa shape index (κ3) is 2.56. The van der Waals surface area contributed by atoms with Gasteiger partial charge in [0.25, 0.3) is 0 Å². The van der Waals surface area contributed by atoms with E-state index in [1.54, 1.807) is 11.3 Å². The SMILES string of the molecule is NC(=O)CN(c1nc2ccc(N)cc2s1)C1CCCC1. The van der Waals surface area contributed by atoms with Crippen molar-refractivity contribution < 1.29 is 4.79 Å². The minimum Gasteiger partial charge on any atom is -0.399 e. The number of aromatic nitrogens is 1. The molecule has 3 rings (SSSR count). The van der Waals surface area contributed by atoms with E-state index in [0.717, 1.165) is 33.9 Å². The lowest BCUT2D eigenvalue weighted by atomic mass is 10.2. The fourth-order valence-corrected chi connectivity index (χ4v) is 3.87. The van der Waals surface area contributed by atoms with Crippen molar-refractivity contribution in [2.45, 2.75) is 31.7 Å². The number of anilines is 2. The number of nitrogens with two attached hydrogens (primary N) is 2. The first kappa shape index (κ1) is 13.2. The van der Waals surface area contributed by atoms with Gasteiger partial charge in [0.15, 0.2) is 5.13 Å². The molecule has 1 amide bonds. The molecule has 1 aliphatic rings. The number of primary amides is 1. The second-order valence-corrected chi connectivity index (χ2v) is 6.27. The van der Waals surface area contributed by atoms with Crippen LogP contribution in [0.4, 0.5) is 10.8 Å². The van der Waals surface area contributed by atoms with E-state index in [0.29, 0.717) is 6.04 Å². The molecule has 0 bridgehead atoms. The molecule has 0 saturated heterocycles. The van der Waals surface area contributed by atoms with Crippen molar-refractivity contribution in [2.75, 3.05) is 17.2 Å². The van der Waals surface area contributed by atoms with Crippen LogP contribution in [0.1, 0.15) is 25.7 Å². The maximum atomic E-state index is 11.3. The maximum Gasteiger partial charge on any atom is 0.237 e. The number of carbonyl (C=O) groups is 1. The van der Waals surface area contributed by atoms with Crippen LogP contribution >= 0.6 is 11.3 Å². The minimum absolute atomic E-state index is 0.236. The van der Waals surface area contributed by atoms with Crippen LogP contribution < -0.4 is 16.4 Å². The number of carbonyl (C=O) groups excluding carboxylic acids is 1. The minimum atomic E-state index is -0.310. The second kappa shape index (κ2) is 5.28. The van der Waals surface area contributed by atoms with Gasteiger partial charge in [0.2, 0.25) is 5.91 Å². The van der Waals surface area contributed by atoms with Gasteiger partial charge in [-0.05, 0) is 31.0 Å². The fraction of sp³-hybridized carbons (Fsp3) is 0.429. The van der Waals surface area contributed by atoms with Gasteiger partial charge in [-0.3, -0.25) is 4.79 Å². The van der Waals surface area contributed by atoms with E-state index in [1.807, 2.05) is 18.2 Å². The first-order valence-electron chi connectivity index (χ1n) is 6.84. The molecule has 1 heterocycles. The average molecular weight is 290 g/mol. The number of fused-ring (bicyclic) bond motifs is 1. The summed E-state index contributed by atoms with van der Waals surface area (Å²) in [5.74, 6) is -0.310. The Morgan fingerprint density at radius 2 is 2.15 bits per heavy atom. The van der Waals surface area contributed by atoms with Crippen LogP contribution in [0, 0.1) is 0 Å². The smallest absolute Gasteiger partial charge is 0.237 e. The van der Waals surface area contributed by atoms with Gasteiger partial charge in [0, 0.05) is 11.7 Å². The first-order valence-corrected chi connectivity index (χ1v) is 7.66. The molecule has 1 aromatic carbocycles. The fourth-order valence-electron chi connectivity index (χ4n) is 2.79.